The van der Waals surface area contributed by atoms with Crippen LogP contribution in [0.2, 0.25) is 0 Å². The maximum Gasteiger partial charge on any atom is 0.150 e. The lowest BCUT2D eigenvalue weighted by Crippen LogP contribution is -1.85. The van der Waals surface area contributed by atoms with E-state index in [4.69, 9.17) is 0 Å². The van der Waals surface area contributed by atoms with Gasteiger partial charge >= 0.3 is 0 Å². The lowest BCUT2D eigenvalue weighted by atomic mass is 9.99. The first-order valence-corrected chi connectivity index (χ1v) is 7.52. The number of aromatic nitrogens is 1. The van der Waals surface area contributed by atoms with Gasteiger partial charge in [0, 0.05) is 27.4 Å². The van der Waals surface area contributed by atoms with Crippen molar-refractivity contribution in [3.63, 3.8) is 0 Å². The minimum atomic E-state index is 0.500. The molecule has 0 amide bonds. The average molecular weight is 297 g/mol. The van der Waals surface area contributed by atoms with Crippen molar-refractivity contribution < 1.29 is 4.79 Å². The largest absolute Gasteiger partial charge is 0.354 e. The normalized spacial score (nSPS) is 11.0. The third-order valence-electron chi connectivity index (χ3n) is 4.25. The molecule has 2 heteroatoms. The van der Waals surface area contributed by atoms with Crippen LogP contribution in [-0.4, -0.2) is 11.3 Å². The molecule has 0 fully saturated rings. The highest BCUT2D eigenvalue weighted by Gasteiger charge is 2.09. The molecule has 4 rings (SSSR count). The van der Waals surface area contributed by atoms with Crippen LogP contribution in [-0.2, 0) is 4.79 Å². The topological polar surface area (TPSA) is 32.9 Å². The summed E-state index contributed by atoms with van der Waals surface area (Å²) < 4.78 is 0. The van der Waals surface area contributed by atoms with E-state index in [1.165, 1.54) is 10.8 Å². The van der Waals surface area contributed by atoms with Crippen LogP contribution in [0.1, 0.15) is 5.56 Å². The number of para-hydroxylation sites is 2. The number of allylic oxidation sites excluding steroid dienone is 1. The molecule has 3 aromatic carbocycles. The molecule has 4 aromatic rings. The molecule has 110 valence electrons. The Bertz CT molecular complexity index is 1040. The second kappa shape index (κ2) is 5.25. The summed E-state index contributed by atoms with van der Waals surface area (Å²) in [5.41, 5.74) is 5.90. The number of nitrogens with one attached hydrogen (secondary N) is 1. The van der Waals surface area contributed by atoms with Crippen molar-refractivity contribution in [2.45, 2.75) is 0 Å². The van der Waals surface area contributed by atoms with Crippen molar-refractivity contribution in [3.8, 4) is 11.1 Å². The summed E-state index contributed by atoms with van der Waals surface area (Å²) in [7, 11) is 0. The fraction of sp³-hybridized carbons (Fsp3) is 0. The zero-order chi connectivity index (χ0) is 15.8. The van der Waals surface area contributed by atoms with Gasteiger partial charge in [0.25, 0.3) is 0 Å². The number of fused-ring (bicyclic) bond motifs is 3. The smallest absolute Gasteiger partial charge is 0.150 e. The van der Waals surface area contributed by atoms with E-state index in [9.17, 15) is 4.79 Å². The van der Waals surface area contributed by atoms with E-state index in [1.807, 2.05) is 30.3 Å². The number of carbonyl (C=O) groups excluding carboxylic acids is 1. The Labute approximate surface area is 134 Å². The summed E-state index contributed by atoms with van der Waals surface area (Å²) in [5.74, 6) is 0. The molecular formula is C21H15NO. The molecule has 0 atom stereocenters. The molecule has 2 nitrogen and oxygen atoms in total. The third kappa shape index (κ3) is 2.16. The number of aldehydes is 1. The summed E-state index contributed by atoms with van der Waals surface area (Å²) in [6.07, 6.45) is 0.785. The minimum absolute atomic E-state index is 0.500. The molecule has 1 heterocycles. The number of hydrogen-bond acceptors (Lipinski definition) is 1. The zero-order valence-corrected chi connectivity index (χ0v) is 12.5. The quantitative estimate of drug-likeness (QED) is 0.409. The highest BCUT2D eigenvalue weighted by Crippen LogP contribution is 2.33. The van der Waals surface area contributed by atoms with E-state index in [-0.39, 0.29) is 0 Å². The molecule has 0 unspecified atom stereocenters. The van der Waals surface area contributed by atoms with Gasteiger partial charge in [0.05, 0.1) is 5.52 Å². The van der Waals surface area contributed by atoms with Gasteiger partial charge in [-0.05, 0) is 17.2 Å². The maximum absolute atomic E-state index is 10.8. The Morgan fingerprint density at radius 2 is 1.61 bits per heavy atom. The van der Waals surface area contributed by atoms with E-state index in [0.717, 1.165) is 34.0 Å². The Morgan fingerprint density at radius 1 is 0.870 bits per heavy atom. The molecule has 0 aliphatic heterocycles. The van der Waals surface area contributed by atoms with Crippen LogP contribution in [0.5, 0.6) is 0 Å². The van der Waals surface area contributed by atoms with E-state index >= 15 is 0 Å². The fourth-order valence-corrected chi connectivity index (χ4v) is 3.05. The van der Waals surface area contributed by atoms with E-state index in [1.54, 1.807) is 0 Å². The molecule has 1 aromatic heterocycles. The standard InChI is InChI=1S/C21H15NO/c1-14(13-23)15-9-11-16(12-10-15)17-6-4-7-19-18-5-2-3-8-20(18)22-21(17)19/h2-13,22H,1H2. The van der Waals surface area contributed by atoms with Gasteiger partial charge in [0.15, 0.2) is 0 Å². The maximum atomic E-state index is 10.8. The van der Waals surface area contributed by atoms with Gasteiger partial charge in [-0.2, -0.15) is 0 Å². The van der Waals surface area contributed by atoms with Crippen LogP contribution in [0.15, 0.2) is 73.3 Å². The van der Waals surface area contributed by atoms with Crippen molar-refractivity contribution in [2.24, 2.45) is 0 Å². The van der Waals surface area contributed by atoms with Crippen LogP contribution in [0.3, 0.4) is 0 Å². The van der Waals surface area contributed by atoms with Crippen LogP contribution in [0, 0.1) is 0 Å². The second-order valence-corrected chi connectivity index (χ2v) is 5.62. The molecule has 23 heavy (non-hydrogen) atoms. The number of carbonyl (C=O) groups is 1. The summed E-state index contributed by atoms with van der Waals surface area (Å²) >= 11 is 0. The second-order valence-electron chi connectivity index (χ2n) is 5.62. The van der Waals surface area contributed by atoms with Gasteiger partial charge in [-0.1, -0.05) is 67.2 Å². The van der Waals surface area contributed by atoms with Crippen LogP contribution in [0.4, 0.5) is 0 Å². The molecule has 0 bridgehead atoms. The summed E-state index contributed by atoms with van der Waals surface area (Å²) in [6, 6.07) is 22.6. The number of aromatic amines is 1. The average Bonchev–Trinajstić information content (AvgIpc) is 3.00. The first-order valence-electron chi connectivity index (χ1n) is 7.52. The predicted octanol–water partition coefficient (Wildman–Crippen LogP) is 5.20. The Kier molecular flexibility index (Phi) is 3.09. The number of H-pyrrole nitrogens is 1. The summed E-state index contributed by atoms with van der Waals surface area (Å²) in [5, 5.41) is 2.45. The van der Waals surface area contributed by atoms with Crippen molar-refractivity contribution in [1.29, 1.82) is 0 Å². The van der Waals surface area contributed by atoms with Crippen molar-refractivity contribution in [1.82, 2.24) is 4.98 Å². The first-order chi connectivity index (χ1) is 11.3. The molecule has 0 radical (unpaired) electrons. The SMILES string of the molecule is C=C(C=O)c1ccc(-c2cccc3c2[nH]c2ccccc23)cc1. The van der Waals surface area contributed by atoms with Gasteiger partial charge in [0.1, 0.15) is 6.29 Å². The van der Waals surface area contributed by atoms with Crippen LogP contribution in [0.25, 0.3) is 38.5 Å². The third-order valence-corrected chi connectivity index (χ3v) is 4.25. The van der Waals surface area contributed by atoms with Gasteiger partial charge in [-0.15, -0.1) is 0 Å². The number of rotatable bonds is 3. The van der Waals surface area contributed by atoms with Crippen molar-refractivity contribution >= 4 is 33.7 Å². The number of benzene rings is 3. The molecule has 1 N–H and O–H groups in total. The van der Waals surface area contributed by atoms with E-state index in [0.29, 0.717) is 5.57 Å². The summed E-state index contributed by atoms with van der Waals surface area (Å²) in [4.78, 5) is 14.3. The molecule has 0 aliphatic rings. The molecule has 0 saturated carbocycles. The lowest BCUT2D eigenvalue weighted by molar-refractivity contribution is -0.103. The molecule has 0 spiro atoms. The predicted molar refractivity (Wildman–Crippen MR) is 96.3 cm³/mol. The monoisotopic (exact) mass is 297 g/mol. The van der Waals surface area contributed by atoms with E-state index < -0.39 is 0 Å². The van der Waals surface area contributed by atoms with Gasteiger partial charge < -0.3 is 4.98 Å². The molecular weight excluding hydrogens is 282 g/mol. The number of hydrogen-bond donors (Lipinski definition) is 1. The van der Waals surface area contributed by atoms with Crippen LogP contribution >= 0.6 is 0 Å². The van der Waals surface area contributed by atoms with Gasteiger partial charge in [0.2, 0.25) is 0 Å². The van der Waals surface area contributed by atoms with Crippen molar-refractivity contribution in [3.05, 3.63) is 78.9 Å². The highest BCUT2D eigenvalue weighted by molar-refractivity contribution is 6.12. The zero-order valence-electron chi connectivity index (χ0n) is 12.5. The Balaban J connectivity index is 1.91. The minimum Gasteiger partial charge on any atom is -0.354 e. The molecule has 0 saturated heterocycles. The van der Waals surface area contributed by atoms with Gasteiger partial charge in [-0.25, -0.2) is 0 Å². The molecule has 0 aliphatic carbocycles. The Morgan fingerprint density at radius 3 is 2.39 bits per heavy atom. The summed E-state index contributed by atoms with van der Waals surface area (Å²) in [6.45, 7) is 3.75. The van der Waals surface area contributed by atoms with E-state index in [2.05, 4.69) is 48.0 Å². The fourth-order valence-electron chi connectivity index (χ4n) is 3.05. The highest BCUT2D eigenvalue weighted by atomic mass is 16.1. The van der Waals surface area contributed by atoms with Crippen LogP contribution < -0.4 is 0 Å². The lowest BCUT2D eigenvalue weighted by Gasteiger charge is -2.05. The van der Waals surface area contributed by atoms with Gasteiger partial charge in [-0.3, -0.25) is 4.79 Å². The Hall–Kier alpha value is -3.13. The first kappa shape index (κ1) is 13.5. The van der Waals surface area contributed by atoms with Crippen molar-refractivity contribution in [2.75, 3.05) is 0 Å².